The van der Waals surface area contributed by atoms with Crippen LogP contribution >= 0.6 is 11.3 Å². The number of thiazole rings is 1. The van der Waals surface area contributed by atoms with Gasteiger partial charge in [0, 0.05) is 11.4 Å². The third-order valence-electron chi connectivity index (χ3n) is 4.06. The number of likely N-dealkylation sites (tertiary alicyclic amines) is 1. The second-order valence-corrected chi connectivity index (χ2v) is 6.91. The van der Waals surface area contributed by atoms with Crippen molar-refractivity contribution in [2.45, 2.75) is 46.1 Å². The Bertz CT molecular complexity index is 369. The molecule has 1 unspecified atom stereocenters. The maximum Gasteiger partial charge on any atom is 0.0898 e. The van der Waals surface area contributed by atoms with Crippen molar-refractivity contribution in [2.75, 3.05) is 26.2 Å². The zero-order valence-electron chi connectivity index (χ0n) is 12.5. The van der Waals surface area contributed by atoms with E-state index < -0.39 is 0 Å². The van der Waals surface area contributed by atoms with Gasteiger partial charge in [-0.1, -0.05) is 6.92 Å². The van der Waals surface area contributed by atoms with Crippen LogP contribution in [0.3, 0.4) is 0 Å². The van der Waals surface area contributed by atoms with E-state index in [-0.39, 0.29) is 0 Å². The van der Waals surface area contributed by atoms with Crippen molar-refractivity contribution in [3.8, 4) is 0 Å². The molecule has 1 N–H and O–H groups in total. The zero-order chi connectivity index (χ0) is 13.7. The fraction of sp³-hybridized carbons (Fsp3) is 0.800. The first kappa shape index (κ1) is 14.9. The Kier molecular flexibility index (Phi) is 5.79. The largest absolute Gasteiger partial charge is 0.309 e. The number of nitrogens with zero attached hydrogens (tertiary/aromatic N) is 2. The van der Waals surface area contributed by atoms with Gasteiger partial charge in [-0.25, -0.2) is 4.98 Å². The van der Waals surface area contributed by atoms with E-state index in [0.717, 1.165) is 17.5 Å². The second-order valence-electron chi connectivity index (χ2n) is 5.84. The van der Waals surface area contributed by atoms with Gasteiger partial charge >= 0.3 is 0 Å². The fourth-order valence-corrected chi connectivity index (χ4v) is 3.30. The molecule has 108 valence electrons. The lowest BCUT2D eigenvalue weighted by Gasteiger charge is -2.30. The number of hydrogen-bond donors (Lipinski definition) is 1. The highest BCUT2D eigenvalue weighted by Crippen LogP contribution is 2.17. The van der Waals surface area contributed by atoms with Crippen LogP contribution in [0.2, 0.25) is 0 Å². The first-order chi connectivity index (χ1) is 9.15. The molecule has 1 fully saturated rings. The zero-order valence-corrected chi connectivity index (χ0v) is 13.3. The lowest BCUT2D eigenvalue weighted by atomic mass is 9.99. The Morgan fingerprint density at radius 3 is 2.84 bits per heavy atom. The van der Waals surface area contributed by atoms with Crippen LogP contribution in [0.25, 0.3) is 0 Å². The van der Waals surface area contributed by atoms with Gasteiger partial charge in [-0.2, -0.15) is 0 Å². The molecule has 1 atom stereocenters. The number of rotatable bonds is 6. The van der Waals surface area contributed by atoms with Crippen LogP contribution in [-0.2, 0) is 0 Å². The van der Waals surface area contributed by atoms with Gasteiger partial charge in [0.25, 0.3) is 0 Å². The molecule has 0 aliphatic carbocycles. The summed E-state index contributed by atoms with van der Waals surface area (Å²) in [7, 11) is 0. The molecule has 2 heterocycles. The van der Waals surface area contributed by atoms with E-state index in [1.54, 1.807) is 11.3 Å². The van der Waals surface area contributed by atoms with Crippen LogP contribution in [0, 0.1) is 12.8 Å². The van der Waals surface area contributed by atoms with E-state index in [9.17, 15) is 0 Å². The first-order valence-electron chi connectivity index (χ1n) is 7.53. The third kappa shape index (κ3) is 4.86. The summed E-state index contributed by atoms with van der Waals surface area (Å²) in [5, 5.41) is 6.90. The predicted octanol–water partition coefficient (Wildman–Crippen LogP) is 3.22. The van der Waals surface area contributed by atoms with Crippen molar-refractivity contribution in [3.05, 3.63) is 16.1 Å². The molecule has 2 rings (SSSR count). The van der Waals surface area contributed by atoms with E-state index in [0.29, 0.717) is 6.04 Å². The Morgan fingerprint density at radius 2 is 2.21 bits per heavy atom. The number of aromatic nitrogens is 1. The molecule has 1 saturated heterocycles. The molecular weight excluding hydrogens is 254 g/mol. The monoisotopic (exact) mass is 281 g/mol. The molecule has 1 aliphatic rings. The van der Waals surface area contributed by atoms with Crippen LogP contribution in [-0.4, -0.2) is 36.1 Å². The van der Waals surface area contributed by atoms with Gasteiger partial charge in [0.15, 0.2) is 0 Å². The molecule has 0 saturated carbocycles. The Balaban J connectivity index is 1.59. The van der Waals surface area contributed by atoms with Crippen molar-refractivity contribution in [3.63, 3.8) is 0 Å². The van der Waals surface area contributed by atoms with Crippen LogP contribution in [0.15, 0.2) is 5.38 Å². The molecule has 0 amide bonds. The highest BCUT2D eigenvalue weighted by atomic mass is 32.1. The maximum absolute atomic E-state index is 4.53. The van der Waals surface area contributed by atoms with Gasteiger partial charge in [0.1, 0.15) is 0 Å². The Hall–Kier alpha value is -0.450. The van der Waals surface area contributed by atoms with Crippen molar-refractivity contribution in [1.82, 2.24) is 15.2 Å². The van der Waals surface area contributed by atoms with Crippen molar-refractivity contribution >= 4 is 11.3 Å². The van der Waals surface area contributed by atoms with Crippen LogP contribution in [0.4, 0.5) is 0 Å². The van der Waals surface area contributed by atoms with Crippen LogP contribution in [0.5, 0.6) is 0 Å². The lowest BCUT2D eigenvalue weighted by molar-refractivity contribution is 0.190. The Morgan fingerprint density at radius 1 is 1.47 bits per heavy atom. The quantitative estimate of drug-likeness (QED) is 0.812. The van der Waals surface area contributed by atoms with Gasteiger partial charge in [-0.3, -0.25) is 0 Å². The molecule has 19 heavy (non-hydrogen) atoms. The number of aryl methyl sites for hydroxylation is 1. The summed E-state index contributed by atoms with van der Waals surface area (Å²) in [6.07, 6.45) is 3.99. The molecule has 1 aromatic heterocycles. The van der Waals surface area contributed by atoms with Crippen molar-refractivity contribution < 1.29 is 0 Å². The van der Waals surface area contributed by atoms with E-state index in [1.807, 2.05) is 0 Å². The summed E-state index contributed by atoms with van der Waals surface area (Å²) < 4.78 is 0. The molecule has 0 bridgehead atoms. The summed E-state index contributed by atoms with van der Waals surface area (Å²) in [4.78, 5) is 7.14. The van der Waals surface area contributed by atoms with E-state index in [2.05, 4.69) is 41.4 Å². The average molecular weight is 281 g/mol. The van der Waals surface area contributed by atoms with E-state index >= 15 is 0 Å². The lowest BCUT2D eigenvalue weighted by Crippen LogP contribution is -2.35. The van der Waals surface area contributed by atoms with Gasteiger partial charge in [-0.15, -0.1) is 11.3 Å². The number of nitrogens with one attached hydrogen (secondary N) is 1. The fourth-order valence-electron chi connectivity index (χ4n) is 2.59. The minimum absolute atomic E-state index is 0.381. The molecule has 1 aliphatic heterocycles. The molecular formula is C15H27N3S. The summed E-state index contributed by atoms with van der Waals surface area (Å²) in [6, 6.07) is 0.381. The minimum atomic E-state index is 0.381. The SMILES string of the molecule is Cc1nc(C(C)NCCCN2CCC(C)CC2)cs1. The summed E-state index contributed by atoms with van der Waals surface area (Å²) in [5.74, 6) is 0.933. The summed E-state index contributed by atoms with van der Waals surface area (Å²) in [5.41, 5.74) is 1.19. The van der Waals surface area contributed by atoms with E-state index in [4.69, 9.17) is 0 Å². The average Bonchev–Trinajstić information content (AvgIpc) is 2.83. The van der Waals surface area contributed by atoms with Gasteiger partial charge in [-0.05, 0) is 65.2 Å². The molecule has 0 aromatic carbocycles. The third-order valence-corrected chi connectivity index (χ3v) is 4.85. The molecule has 4 heteroatoms. The molecule has 0 spiro atoms. The van der Waals surface area contributed by atoms with Gasteiger partial charge in [0.2, 0.25) is 0 Å². The molecule has 1 aromatic rings. The topological polar surface area (TPSA) is 28.2 Å². The molecule has 0 radical (unpaired) electrons. The van der Waals surface area contributed by atoms with Gasteiger partial charge < -0.3 is 10.2 Å². The van der Waals surface area contributed by atoms with Gasteiger partial charge in [0.05, 0.1) is 10.7 Å². The molecule has 3 nitrogen and oxygen atoms in total. The highest BCUT2D eigenvalue weighted by Gasteiger charge is 2.15. The normalized spacial score (nSPS) is 19.7. The maximum atomic E-state index is 4.53. The van der Waals surface area contributed by atoms with Crippen molar-refractivity contribution in [1.29, 1.82) is 0 Å². The minimum Gasteiger partial charge on any atom is -0.309 e. The number of hydrogen-bond acceptors (Lipinski definition) is 4. The summed E-state index contributed by atoms with van der Waals surface area (Å²) >= 11 is 1.74. The van der Waals surface area contributed by atoms with E-state index in [1.165, 1.54) is 44.6 Å². The predicted molar refractivity (Wildman–Crippen MR) is 82.7 cm³/mol. The van der Waals surface area contributed by atoms with Crippen molar-refractivity contribution in [2.24, 2.45) is 5.92 Å². The summed E-state index contributed by atoms with van der Waals surface area (Å²) in [6.45, 7) is 11.6. The Labute approximate surface area is 121 Å². The number of piperidine rings is 1. The van der Waals surface area contributed by atoms with Crippen LogP contribution in [0.1, 0.15) is 49.9 Å². The first-order valence-corrected chi connectivity index (χ1v) is 8.41. The van der Waals surface area contributed by atoms with Crippen LogP contribution < -0.4 is 5.32 Å². The smallest absolute Gasteiger partial charge is 0.0898 e. The highest BCUT2D eigenvalue weighted by molar-refractivity contribution is 7.09. The second kappa shape index (κ2) is 7.36. The standard InChI is InChI=1S/C15H27N3S/c1-12-5-9-18(10-6-12)8-4-7-16-13(2)15-11-19-14(3)17-15/h11-13,16H,4-10H2,1-3H3.